The van der Waals surface area contributed by atoms with Gasteiger partial charge < -0.3 is 33.8 Å². The molecule has 0 bridgehead atoms. The van der Waals surface area contributed by atoms with E-state index in [2.05, 4.69) is 42.2 Å². The largest absolute Gasteiger partial charge is 1.00 e. The lowest BCUT2D eigenvalue weighted by atomic mass is 10.3. The van der Waals surface area contributed by atoms with Crippen LogP contribution in [0.1, 0.15) is 50.5 Å². The van der Waals surface area contributed by atoms with Gasteiger partial charge in [0.25, 0.3) is 0 Å². The molecular formula is C15H46Cl2N2. The second-order valence-electron chi connectivity index (χ2n) is 5.34. The van der Waals surface area contributed by atoms with Gasteiger partial charge in [-0.05, 0) is 6.92 Å². The fourth-order valence-corrected chi connectivity index (χ4v) is 1.13. The third-order valence-electron chi connectivity index (χ3n) is 2.45. The van der Waals surface area contributed by atoms with Crippen LogP contribution >= 0.6 is 0 Å². The summed E-state index contributed by atoms with van der Waals surface area (Å²) in [6.07, 6.45) is 1.32. The van der Waals surface area contributed by atoms with Gasteiger partial charge in [-0.25, -0.2) is 0 Å². The number of quaternary nitrogens is 2. The van der Waals surface area contributed by atoms with Gasteiger partial charge in [-0.3, -0.25) is 0 Å². The fourth-order valence-electron chi connectivity index (χ4n) is 1.13. The third kappa shape index (κ3) is 38.1. The lowest BCUT2D eigenvalue weighted by molar-refractivity contribution is -0.900. The lowest BCUT2D eigenvalue weighted by Crippen LogP contribution is -3.00. The summed E-state index contributed by atoms with van der Waals surface area (Å²) in [5, 5.41) is 0. The van der Waals surface area contributed by atoms with Crippen molar-refractivity contribution in [3.05, 3.63) is 0 Å². The van der Waals surface area contributed by atoms with Crippen LogP contribution in [-0.4, -0.2) is 63.8 Å². The molecule has 0 saturated heterocycles. The summed E-state index contributed by atoms with van der Waals surface area (Å²) in [6.45, 7) is 6.07. The number of halogens is 2. The molecule has 130 valence electrons. The van der Waals surface area contributed by atoms with Gasteiger partial charge in [0, 0.05) is 6.42 Å². The molecule has 0 amide bonds. The van der Waals surface area contributed by atoms with Crippen LogP contribution in [0.15, 0.2) is 0 Å². The average Bonchev–Trinajstić information content (AvgIpc) is 1.84. The van der Waals surface area contributed by atoms with E-state index in [0.717, 1.165) is 8.97 Å². The second-order valence-corrected chi connectivity index (χ2v) is 5.34. The normalized spacial score (nSPS) is 8.53. The maximum absolute atomic E-state index is 2.30. The number of nitrogens with zero attached hydrogens (tertiary/aromatic N) is 2. The molecule has 0 unspecified atom stereocenters. The minimum atomic E-state index is 0. The smallest absolute Gasteiger partial charge is 0.0836 e. The maximum Gasteiger partial charge on any atom is 0.0836 e. The summed E-state index contributed by atoms with van der Waals surface area (Å²) >= 11 is 0. The average molecular weight is 325 g/mol. The van der Waals surface area contributed by atoms with E-state index >= 15 is 0 Å². The van der Waals surface area contributed by atoms with Crippen molar-refractivity contribution in [1.82, 2.24) is 0 Å². The summed E-state index contributed by atoms with van der Waals surface area (Å²) in [5.41, 5.74) is 0. The van der Waals surface area contributed by atoms with Gasteiger partial charge in [-0.15, -0.1) is 0 Å². The molecule has 0 radical (unpaired) electrons. The summed E-state index contributed by atoms with van der Waals surface area (Å²) in [4.78, 5) is 0. The predicted octanol–water partition coefficient (Wildman–Crippen LogP) is -1.63. The molecule has 0 rings (SSSR count). The zero-order chi connectivity index (χ0) is 9.83. The van der Waals surface area contributed by atoms with E-state index in [1.807, 2.05) is 0 Å². The monoisotopic (exact) mass is 324 g/mol. The quantitative estimate of drug-likeness (QED) is 0.533. The van der Waals surface area contributed by atoms with Crippen molar-refractivity contribution in [2.75, 3.05) is 54.9 Å². The van der Waals surface area contributed by atoms with Crippen LogP contribution < -0.4 is 24.8 Å². The molecule has 0 N–H and O–H groups in total. The minimum absolute atomic E-state index is 0. The molecule has 0 aliphatic rings. The molecular weight excluding hydrogens is 279 g/mol. The number of hydrogen-bond donors (Lipinski definition) is 0. The molecule has 0 heterocycles. The first-order valence-corrected chi connectivity index (χ1v) is 4.89. The van der Waals surface area contributed by atoms with E-state index in [1.165, 1.54) is 26.1 Å². The topological polar surface area (TPSA) is 0 Å². The number of rotatable bonds is 5. The Morgan fingerprint density at radius 2 is 0.947 bits per heavy atom. The molecule has 4 heteroatoms. The van der Waals surface area contributed by atoms with Crippen LogP contribution in [0, 0.1) is 0 Å². The molecule has 0 spiro atoms. The van der Waals surface area contributed by atoms with Crippen LogP contribution in [0.4, 0.5) is 0 Å². The van der Waals surface area contributed by atoms with E-state index in [9.17, 15) is 0 Å². The van der Waals surface area contributed by atoms with E-state index in [0.29, 0.717) is 0 Å². The highest BCUT2D eigenvalue weighted by Crippen LogP contribution is 2.01. The molecule has 0 fully saturated rings. The molecule has 0 saturated carbocycles. The highest BCUT2D eigenvalue weighted by molar-refractivity contribution is 4.35. The van der Waals surface area contributed by atoms with Gasteiger partial charge in [-0.1, -0.05) is 37.1 Å². The predicted molar refractivity (Wildman–Crippen MR) is 88.7 cm³/mol. The molecule has 0 aromatic carbocycles. The Morgan fingerprint density at radius 1 is 0.632 bits per heavy atom. The van der Waals surface area contributed by atoms with Crippen LogP contribution in [0.3, 0.4) is 0 Å². The van der Waals surface area contributed by atoms with Crippen LogP contribution in [0.5, 0.6) is 0 Å². The standard InChI is InChI=1S/C10H26N2.5CH4.2ClH/c1-7-12(5,6)10-8-9-11(2,3)4;;;;;;;/h7-10H2,1-6H3;5*1H4;2*1H/q+2;;;;;;;/p-2. The van der Waals surface area contributed by atoms with E-state index in [-0.39, 0.29) is 61.9 Å². The summed E-state index contributed by atoms with van der Waals surface area (Å²) < 4.78 is 2.24. The van der Waals surface area contributed by atoms with Gasteiger partial charge in [0.15, 0.2) is 0 Å². The second kappa shape index (κ2) is 20.8. The molecule has 0 aromatic rings. The minimum Gasteiger partial charge on any atom is -1.00 e. The SMILES string of the molecule is C.C.C.C.C.CC[N+](C)(C)CCC[N+](C)(C)C.[Cl-].[Cl-]. The van der Waals surface area contributed by atoms with Crippen molar-refractivity contribution in [3.8, 4) is 0 Å². The molecule has 0 aromatic heterocycles. The fraction of sp³-hybridized carbons (Fsp3) is 1.00. The Hall–Kier alpha value is 0.500. The van der Waals surface area contributed by atoms with E-state index in [1.54, 1.807) is 0 Å². The van der Waals surface area contributed by atoms with Crippen LogP contribution in [-0.2, 0) is 0 Å². The van der Waals surface area contributed by atoms with Crippen molar-refractivity contribution in [1.29, 1.82) is 0 Å². The third-order valence-corrected chi connectivity index (χ3v) is 2.45. The van der Waals surface area contributed by atoms with Crippen molar-refractivity contribution < 1.29 is 33.8 Å². The molecule has 0 atom stereocenters. The Morgan fingerprint density at radius 3 is 1.16 bits per heavy atom. The summed E-state index contributed by atoms with van der Waals surface area (Å²) in [7, 11) is 11.4. The van der Waals surface area contributed by atoms with Crippen LogP contribution in [0.2, 0.25) is 0 Å². The van der Waals surface area contributed by atoms with E-state index < -0.39 is 0 Å². The molecule has 0 aliphatic carbocycles. The molecule has 19 heavy (non-hydrogen) atoms. The van der Waals surface area contributed by atoms with E-state index in [4.69, 9.17) is 0 Å². The Labute approximate surface area is 139 Å². The zero-order valence-corrected chi connectivity index (χ0v) is 12.0. The van der Waals surface area contributed by atoms with Crippen molar-refractivity contribution in [2.24, 2.45) is 0 Å². The van der Waals surface area contributed by atoms with Gasteiger partial charge >= 0.3 is 0 Å². The van der Waals surface area contributed by atoms with Crippen LogP contribution in [0.25, 0.3) is 0 Å². The molecule has 0 aliphatic heterocycles. The lowest BCUT2D eigenvalue weighted by Gasteiger charge is -2.30. The van der Waals surface area contributed by atoms with Crippen molar-refractivity contribution >= 4 is 0 Å². The molecule has 2 nitrogen and oxygen atoms in total. The first kappa shape index (κ1) is 50.5. The van der Waals surface area contributed by atoms with Gasteiger partial charge in [0.05, 0.1) is 54.9 Å². The zero-order valence-electron chi connectivity index (χ0n) is 10.5. The number of hydrogen-bond acceptors (Lipinski definition) is 0. The Kier molecular flexibility index (Phi) is 55.3. The summed E-state index contributed by atoms with van der Waals surface area (Å²) in [6, 6.07) is 0. The van der Waals surface area contributed by atoms with Gasteiger partial charge in [-0.2, -0.15) is 0 Å². The van der Waals surface area contributed by atoms with Gasteiger partial charge in [0.1, 0.15) is 0 Å². The highest BCUT2D eigenvalue weighted by atomic mass is 35.5. The first-order chi connectivity index (χ1) is 5.27. The Balaban J connectivity index is -0.0000000288. The maximum atomic E-state index is 2.30. The Bertz CT molecular complexity index is 133. The highest BCUT2D eigenvalue weighted by Gasteiger charge is 2.14. The van der Waals surface area contributed by atoms with Crippen molar-refractivity contribution in [3.63, 3.8) is 0 Å². The van der Waals surface area contributed by atoms with Crippen molar-refractivity contribution in [2.45, 2.75) is 50.5 Å². The van der Waals surface area contributed by atoms with Gasteiger partial charge in [0.2, 0.25) is 0 Å². The summed E-state index contributed by atoms with van der Waals surface area (Å²) in [5.74, 6) is 0. The first-order valence-electron chi connectivity index (χ1n) is 4.89.